The molecule has 0 radical (unpaired) electrons. The lowest BCUT2D eigenvalue weighted by atomic mass is 10.0. The van der Waals surface area contributed by atoms with Crippen molar-refractivity contribution >= 4 is 11.7 Å². The zero-order chi connectivity index (χ0) is 27.8. The van der Waals surface area contributed by atoms with E-state index in [-0.39, 0.29) is 54.5 Å². The summed E-state index contributed by atoms with van der Waals surface area (Å²) in [6.45, 7) is 3.63. The molecule has 0 bridgehead atoms. The molecule has 1 unspecified atom stereocenters. The number of halogens is 5. The molecule has 0 spiro atoms. The Balaban J connectivity index is 1.76. The van der Waals surface area contributed by atoms with Crippen LogP contribution in [0.1, 0.15) is 72.8 Å². The van der Waals surface area contributed by atoms with Gasteiger partial charge in [0.2, 0.25) is 5.91 Å². The average molecular weight is 544 g/mol. The van der Waals surface area contributed by atoms with E-state index in [0.717, 1.165) is 6.07 Å². The first-order valence-electron chi connectivity index (χ1n) is 12.2. The Bertz CT molecular complexity index is 1170. The Labute approximate surface area is 216 Å². The lowest BCUT2D eigenvalue weighted by Gasteiger charge is -2.30. The van der Waals surface area contributed by atoms with Crippen molar-refractivity contribution in [2.75, 3.05) is 32.6 Å². The van der Waals surface area contributed by atoms with Crippen LogP contribution in [0, 0.1) is 12.7 Å². The number of aromatic nitrogens is 2. The van der Waals surface area contributed by atoms with Crippen LogP contribution in [0.5, 0.6) is 0 Å². The molecule has 8 nitrogen and oxygen atoms in total. The predicted octanol–water partition coefficient (Wildman–Crippen LogP) is 4.60. The zero-order valence-corrected chi connectivity index (χ0v) is 21.4. The molecule has 2 atom stereocenters. The quantitative estimate of drug-likeness (QED) is 0.424. The predicted molar refractivity (Wildman–Crippen MR) is 127 cm³/mol. The Morgan fingerprint density at radius 1 is 1.11 bits per heavy atom. The molecule has 2 fully saturated rings. The fourth-order valence-electron chi connectivity index (χ4n) is 4.48. The molecule has 13 heteroatoms. The van der Waals surface area contributed by atoms with Gasteiger partial charge in [0.05, 0.1) is 36.1 Å². The maximum absolute atomic E-state index is 14.9. The van der Waals surface area contributed by atoms with Crippen LogP contribution < -0.4 is 10.6 Å². The number of benzene rings is 1. The first-order valence-corrected chi connectivity index (χ1v) is 12.2. The van der Waals surface area contributed by atoms with Crippen LogP contribution in [0.15, 0.2) is 18.2 Å². The molecule has 2 aliphatic rings. The van der Waals surface area contributed by atoms with E-state index in [1.54, 1.807) is 27.9 Å². The maximum Gasteiger partial charge on any atom is 0.266 e. The van der Waals surface area contributed by atoms with Gasteiger partial charge in [0.1, 0.15) is 29.0 Å². The number of nitrogens with zero attached hydrogens (tertiary/aromatic N) is 3. The van der Waals surface area contributed by atoms with Gasteiger partial charge in [-0.2, -0.15) is 0 Å². The summed E-state index contributed by atoms with van der Waals surface area (Å²) in [5.74, 6) is -1.35. The minimum atomic E-state index is -2.99. The number of hydrogen-bond donors (Lipinski definition) is 2. The summed E-state index contributed by atoms with van der Waals surface area (Å²) in [5, 5.41) is 5.52. The largest absolute Gasteiger partial charge is 0.363 e. The normalized spacial score (nSPS) is 18.7. The topological polar surface area (TPSA) is 88.6 Å². The molecule has 38 heavy (non-hydrogen) atoms. The number of carbonyl (C=O) groups is 1. The van der Waals surface area contributed by atoms with Crippen LogP contribution in [0.25, 0.3) is 0 Å². The molecule has 1 saturated carbocycles. The molecule has 1 aliphatic carbocycles. The van der Waals surface area contributed by atoms with Crippen molar-refractivity contribution in [1.82, 2.24) is 20.2 Å². The van der Waals surface area contributed by atoms with E-state index >= 15 is 0 Å². The molecular weight excluding hydrogens is 513 g/mol. The van der Waals surface area contributed by atoms with Crippen LogP contribution in [-0.2, 0) is 14.3 Å². The molecule has 2 aromatic rings. The minimum Gasteiger partial charge on any atom is -0.363 e. The minimum absolute atomic E-state index is 0.0191. The number of amides is 1. The zero-order valence-electron chi connectivity index (χ0n) is 21.4. The van der Waals surface area contributed by atoms with E-state index in [2.05, 4.69) is 20.6 Å². The van der Waals surface area contributed by atoms with Gasteiger partial charge in [0.15, 0.2) is 6.29 Å². The Kier molecular flexibility index (Phi) is 8.19. The number of alkyl halides is 4. The van der Waals surface area contributed by atoms with Gasteiger partial charge in [0, 0.05) is 5.56 Å². The molecule has 1 aromatic carbocycles. The molecule has 1 aliphatic heterocycles. The molecule has 2 N–H and O–H groups in total. The summed E-state index contributed by atoms with van der Waals surface area (Å²) in [6, 6.07) is 1.77. The van der Waals surface area contributed by atoms with Crippen LogP contribution >= 0.6 is 0 Å². The summed E-state index contributed by atoms with van der Waals surface area (Å²) in [7, 11) is 3.20. The van der Waals surface area contributed by atoms with Crippen molar-refractivity contribution in [2.45, 2.75) is 63.5 Å². The lowest BCUT2D eigenvalue weighted by Crippen LogP contribution is -2.47. The van der Waals surface area contributed by atoms with Crippen molar-refractivity contribution in [3.8, 4) is 0 Å². The average Bonchev–Trinajstić information content (AvgIpc) is 3.41. The van der Waals surface area contributed by atoms with Crippen molar-refractivity contribution in [2.24, 2.45) is 0 Å². The first kappa shape index (κ1) is 28.1. The van der Waals surface area contributed by atoms with Gasteiger partial charge in [-0.05, 0) is 40.8 Å². The number of nitrogens with one attached hydrogen (secondary N) is 2. The first-order chi connectivity index (χ1) is 17.9. The SMILES string of the molecule is Cc1nc(N[C@H](C)c2cccc(C(F)F)c2F)c(C2OCCO2)c(C(C(=O)NC2(C(F)F)CC2)N(C)C)n1. The van der Waals surface area contributed by atoms with Crippen molar-refractivity contribution in [3.63, 3.8) is 0 Å². The highest BCUT2D eigenvalue weighted by Gasteiger charge is 2.53. The Morgan fingerprint density at radius 2 is 1.74 bits per heavy atom. The number of rotatable bonds is 10. The van der Waals surface area contributed by atoms with Crippen LogP contribution in [-0.4, -0.2) is 60.0 Å². The molecular formula is C25H30F5N5O3. The molecule has 1 saturated heterocycles. The van der Waals surface area contributed by atoms with E-state index in [4.69, 9.17) is 9.47 Å². The van der Waals surface area contributed by atoms with Gasteiger partial charge >= 0.3 is 0 Å². The molecule has 1 aromatic heterocycles. The third-order valence-corrected chi connectivity index (χ3v) is 6.66. The highest BCUT2D eigenvalue weighted by Crippen LogP contribution is 2.42. The van der Waals surface area contributed by atoms with Gasteiger partial charge in [-0.25, -0.2) is 31.9 Å². The molecule has 1 amide bonds. The number of carbonyl (C=O) groups excluding carboxylic acids is 1. The summed E-state index contributed by atoms with van der Waals surface area (Å²) >= 11 is 0. The maximum atomic E-state index is 14.9. The second-order valence-electron chi connectivity index (χ2n) is 9.72. The third kappa shape index (κ3) is 5.59. The summed E-state index contributed by atoms with van der Waals surface area (Å²) in [6.07, 6.45) is -6.39. The third-order valence-electron chi connectivity index (χ3n) is 6.66. The number of aryl methyl sites for hydroxylation is 1. The van der Waals surface area contributed by atoms with Crippen LogP contribution in [0.4, 0.5) is 27.8 Å². The highest BCUT2D eigenvalue weighted by atomic mass is 19.3. The Hall–Kier alpha value is -2.90. The van der Waals surface area contributed by atoms with Gasteiger partial charge in [-0.15, -0.1) is 0 Å². The van der Waals surface area contributed by atoms with Crippen molar-refractivity contribution in [1.29, 1.82) is 0 Å². The van der Waals surface area contributed by atoms with Crippen molar-refractivity contribution in [3.05, 3.63) is 52.2 Å². The summed E-state index contributed by atoms with van der Waals surface area (Å²) in [4.78, 5) is 23.8. The van der Waals surface area contributed by atoms with Crippen molar-refractivity contribution < 1.29 is 36.2 Å². The highest BCUT2D eigenvalue weighted by molar-refractivity contribution is 5.84. The fraction of sp³-hybridized carbons (Fsp3) is 0.560. The van der Waals surface area contributed by atoms with Crippen LogP contribution in [0.2, 0.25) is 0 Å². The Morgan fingerprint density at radius 3 is 2.29 bits per heavy atom. The lowest BCUT2D eigenvalue weighted by molar-refractivity contribution is -0.128. The van der Waals surface area contributed by atoms with Gasteiger partial charge in [-0.3, -0.25) is 9.69 Å². The van der Waals surface area contributed by atoms with E-state index < -0.39 is 54.1 Å². The van der Waals surface area contributed by atoms with Gasteiger partial charge in [0.25, 0.3) is 12.9 Å². The van der Waals surface area contributed by atoms with E-state index in [1.807, 2.05) is 0 Å². The number of ether oxygens (including phenoxy) is 2. The molecule has 4 rings (SSSR count). The second-order valence-corrected chi connectivity index (χ2v) is 9.72. The van der Waals surface area contributed by atoms with E-state index in [9.17, 15) is 26.7 Å². The monoisotopic (exact) mass is 543 g/mol. The summed E-state index contributed by atoms with van der Waals surface area (Å²) < 4.78 is 80.0. The number of hydrogen-bond acceptors (Lipinski definition) is 7. The number of anilines is 1. The fourth-order valence-corrected chi connectivity index (χ4v) is 4.48. The van der Waals surface area contributed by atoms with Gasteiger partial charge in [-0.1, -0.05) is 18.2 Å². The second kappa shape index (κ2) is 11.1. The van der Waals surface area contributed by atoms with Crippen LogP contribution in [0.3, 0.4) is 0 Å². The summed E-state index contributed by atoms with van der Waals surface area (Å²) in [5.41, 5.74) is -1.92. The number of likely N-dealkylation sites (N-methyl/N-ethyl adjacent to an activating group) is 1. The van der Waals surface area contributed by atoms with E-state index in [0.29, 0.717) is 0 Å². The molecule has 2 heterocycles. The molecule has 208 valence electrons. The van der Waals surface area contributed by atoms with Gasteiger partial charge < -0.3 is 20.1 Å². The smallest absolute Gasteiger partial charge is 0.266 e. The standard InChI is InChI=1S/C25H30F5N5O3/c1-12(14-6-5-7-15(17(14)26)20(27)28)31-21-16(23-37-10-11-38-23)18(32-13(2)33-21)19(35(3)4)22(36)34-25(8-9-25)24(29)30/h5-7,12,19-20,23-24H,8-11H2,1-4H3,(H,34,36)(H,31,32,33)/t12-,19?/m1/s1. The van der Waals surface area contributed by atoms with E-state index in [1.165, 1.54) is 17.0 Å².